The number of hydrogen-bond donors (Lipinski definition) is 1. The highest BCUT2D eigenvalue weighted by molar-refractivity contribution is 5.63. The fourth-order valence-electron chi connectivity index (χ4n) is 3.92. The Morgan fingerprint density at radius 1 is 1.12 bits per heavy atom. The highest BCUT2D eigenvalue weighted by Crippen LogP contribution is 2.36. The van der Waals surface area contributed by atoms with Crippen LogP contribution in [-0.4, -0.2) is 46.9 Å². The van der Waals surface area contributed by atoms with Crippen molar-refractivity contribution in [1.82, 2.24) is 15.0 Å². The van der Waals surface area contributed by atoms with Crippen molar-refractivity contribution in [3.8, 4) is 17.3 Å². The topological polar surface area (TPSA) is 86.4 Å². The quantitative estimate of drug-likeness (QED) is 0.893. The summed E-state index contributed by atoms with van der Waals surface area (Å²) in [6.07, 6.45) is 6.58. The van der Waals surface area contributed by atoms with Crippen LogP contribution in [0.1, 0.15) is 24.8 Å². The van der Waals surface area contributed by atoms with Crippen molar-refractivity contribution in [2.75, 3.05) is 30.3 Å². The number of fused-ring (bicyclic) bond motifs is 3. The van der Waals surface area contributed by atoms with Crippen molar-refractivity contribution in [2.24, 2.45) is 0 Å². The largest absolute Gasteiger partial charge is 0.477 e. The Labute approximate surface area is 146 Å². The van der Waals surface area contributed by atoms with E-state index in [9.17, 15) is 0 Å². The lowest BCUT2D eigenvalue weighted by molar-refractivity contribution is 0.0301. The van der Waals surface area contributed by atoms with Crippen molar-refractivity contribution in [1.29, 1.82) is 0 Å². The van der Waals surface area contributed by atoms with Gasteiger partial charge in [-0.15, -0.1) is 0 Å². The lowest BCUT2D eigenvalue weighted by Gasteiger charge is -2.35. The summed E-state index contributed by atoms with van der Waals surface area (Å²) in [4.78, 5) is 16.1. The van der Waals surface area contributed by atoms with Crippen LogP contribution in [0.4, 0.5) is 11.6 Å². The molecule has 0 radical (unpaired) electrons. The van der Waals surface area contributed by atoms with Crippen molar-refractivity contribution in [3.05, 3.63) is 23.9 Å². The zero-order valence-electron chi connectivity index (χ0n) is 14.0. The number of pyridine rings is 1. The van der Waals surface area contributed by atoms with Gasteiger partial charge in [0.1, 0.15) is 11.6 Å². The minimum absolute atomic E-state index is 0.315. The summed E-state index contributed by atoms with van der Waals surface area (Å²) in [5.41, 5.74) is 7.68. The van der Waals surface area contributed by atoms with E-state index in [0.29, 0.717) is 36.3 Å². The summed E-state index contributed by atoms with van der Waals surface area (Å²) in [5.74, 6) is 2.84. The minimum Gasteiger partial charge on any atom is -0.477 e. The standard InChI is InChI=1S/C18H21N5O2/c19-15-6-3-11(8-20-15)16-21-17(14-2-1-7-24-18(14)22-16)23-9-12-4-5-13(10-23)25-12/h3,6,8,12-13H,1-2,4-5,7,9-10H2,(H2,19,20). The van der Waals surface area contributed by atoms with E-state index in [1.54, 1.807) is 12.3 Å². The molecular weight excluding hydrogens is 318 g/mol. The molecular formula is C18H21N5O2. The molecule has 2 fully saturated rings. The van der Waals surface area contributed by atoms with Crippen LogP contribution in [0.25, 0.3) is 11.4 Å². The lowest BCUT2D eigenvalue weighted by Crippen LogP contribution is -2.43. The molecule has 0 saturated carbocycles. The first-order valence-electron chi connectivity index (χ1n) is 8.92. The summed E-state index contributed by atoms with van der Waals surface area (Å²) in [6.45, 7) is 2.48. The molecule has 0 aliphatic carbocycles. The minimum atomic E-state index is 0.315. The molecule has 2 saturated heterocycles. The molecule has 2 aromatic heterocycles. The number of morpholine rings is 1. The smallest absolute Gasteiger partial charge is 0.222 e. The molecule has 2 unspecified atom stereocenters. The second-order valence-electron chi connectivity index (χ2n) is 6.94. The van der Waals surface area contributed by atoms with E-state index in [1.807, 2.05) is 6.07 Å². The molecule has 2 atom stereocenters. The molecule has 7 heteroatoms. The average molecular weight is 339 g/mol. The van der Waals surface area contributed by atoms with E-state index in [-0.39, 0.29) is 0 Å². The van der Waals surface area contributed by atoms with Gasteiger partial charge in [-0.05, 0) is 37.8 Å². The summed E-state index contributed by atoms with van der Waals surface area (Å²) >= 11 is 0. The molecule has 0 spiro atoms. The molecule has 2 bridgehead atoms. The van der Waals surface area contributed by atoms with Crippen LogP contribution in [0.2, 0.25) is 0 Å². The van der Waals surface area contributed by atoms with Gasteiger partial charge in [0, 0.05) is 24.8 Å². The van der Waals surface area contributed by atoms with Crippen molar-refractivity contribution in [2.45, 2.75) is 37.9 Å². The van der Waals surface area contributed by atoms with Gasteiger partial charge in [-0.3, -0.25) is 0 Å². The number of nitrogen functional groups attached to an aromatic ring is 1. The fourth-order valence-corrected chi connectivity index (χ4v) is 3.92. The zero-order valence-corrected chi connectivity index (χ0v) is 14.0. The number of nitrogens with zero attached hydrogens (tertiary/aromatic N) is 4. The lowest BCUT2D eigenvalue weighted by atomic mass is 10.1. The number of ether oxygens (including phenoxy) is 2. The number of nitrogens with two attached hydrogens (primary N) is 1. The van der Waals surface area contributed by atoms with Gasteiger partial charge < -0.3 is 20.1 Å². The van der Waals surface area contributed by atoms with Crippen LogP contribution in [0.15, 0.2) is 18.3 Å². The van der Waals surface area contributed by atoms with E-state index < -0.39 is 0 Å². The van der Waals surface area contributed by atoms with E-state index in [0.717, 1.165) is 55.7 Å². The Bertz CT molecular complexity index is 783. The summed E-state index contributed by atoms with van der Waals surface area (Å²) in [5, 5.41) is 0. The highest BCUT2D eigenvalue weighted by Gasteiger charge is 2.36. The molecule has 3 aliphatic rings. The molecule has 0 aromatic carbocycles. The SMILES string of the molecule is Nc1ccc(-c2nc3c(c(N4CC5CCC(C4)O5)n2)CCCO3)cn1. The van der Waals surface area contributed by atoms with Gasteiger partial charge in [0.05, 0.1) is 24.4 Å². The maximum atomic E-state index is 5.98. The third-order valence-corrected chi connectivity index (χ3v) is 5.14. The Balaban J connectivity index is 1.58. The molecule has 5 rings (SSSR count). The van der Waals surface area contributed by atoms with Gasteiger partial charge in [0.25, 0.3) is 0 Å². The number of rotatable bonds is 2. The van der Waals surface area contributed by atoms with E-state index >= 15 is 0 Å². The molecule has 3 aliphatic heterocycles. The predicted molar refractivity (Wildman–Crippen MR) is 93.6 cm³/mol. The number of hydrogen-bond acceptors (Lipinski definition) is 7. The van der Waals surface area contributed by atoms with Crippen molar-refractivity contribution < 1.29 is 9.47 Å². The van der Waals surface area contributed by atoms with Crippen molar-refractivity contribution >= 4 is 11.6 Å². The van der Waals surface area contributed by atoms with Gasteiger partial charge in [0.2, 0.25) is 5.88 Å². The Morgan fingerprint density at radius 3 is 2.72 bits per heavy atom. The normalized spacial score (nSPS) is 24.7. The van der Waals surface area contributed by atoms with Crippen LogP contribution in [-0.2, 0) is 11.2 Å². The summed E-state index contributed by atoms with van der Waals surface area (Å²) in [7, 11) is 0. The first-order chi connectivity index (χ1) is 12.3. The molecule has 130 valence electrons. The molecule has 5 heterocycles. The third-order valence-electron chi connectivity index (χ3n) is 5.14. The Hall–Kier alpha value is -2.41. The van der Waals surface area contributed by atoms with Gasteiger partial charge in [0.15, 0.2) is 5.82 Å². The van der Waals surface area contributed by atoms with E-state index in [4.69, 9.17) is 20.2 Å². The predicted octanol–water partition coefficient (Wildman–Crippen LogP) is 1.81. The van der Waals surface area contributed by atoms with Crippen molar-refractivity contribution in [3.63, 3.8) is 0 Å². The second-order valence-corrected chi connectivity index (χ2v) is 6.94. The van der Waals surface area contributed by atoms with Crippen LogP contribution < -0.4 is 15.4 Å². The molecule has 2 aromatic rings. The first kappa shape index (κ1) is 14.9. The van der Waals surface area contributed by atoms with Gasteiger partial charge in [-0.25, -0.2) is 9.97 Å². The van der Waals surface area contributed by atoms with Crippen LogP contribution >= 0.6 is 0 Å². The average Bonchev–Trinajstić information content (AvgIpc) is 2.99. The highest BCUT2D eigenvalue weighted by atomic mass is 16.5. The van der Waals surface area contributed by atoms with Gasteiger partial charge >= 0.3 is 0 Å². The Morgan fingerprint density at radius 2 is 1.96 bits per heavy atom. The van der Waals surface area contributed by atoms with Crippen LogP contribution in [0, 0.1) is 0 Å². The first-order valence-corrected chi connectivity index (χ1v) is 8.92. The molecule has 25 heavy (non-hydrogen) atoms. The Kier molecular flexibility index (Phi) is 3.48. The third kappa shape index (κ3) is 2.68. The number of anilines is 2. The molecule has 2 N–H and O–H groups in total. The van der Waals surface area contributed by atoms with E-state index in [1.165, 1.54) is 0 Å². The van der Waals surface area contributed by atoms with Gasteiger partial charge in [-0.2, -0.15) is 4.98 Å². The maximum Gasteiger partial charge on any atom is 0.222 e. The summed E-state index contributed by atoms with van der Waals surface area (Å²) in [6, 6.07) is 3.67. The zero-order chi connectivity index (χ0) is 16.8. The van der Waals surface area contributed by atoms with Crippen LogP contribution in [0.5, 0.6) is 5.88 Å². The van der Waals surface area contributed by atoms with E-state index in [2.05, 4.69) is 14.9 Å². The molecule has 0 amide bonds. The van der Waals surface area contributed by atoms with Crippen LogP contribution in [0.3, 0.4) is 0 Å². The van der Waals surface area contributed by atoms with Gasteiger partial charge in [-0.1, -0.05) is 0 Å². The maximum absolute atomic E-state index is 5.98. The molecule has 7 nitrogen and oxygen atoms in total. The number of aromatic nitrogens is 3. The second kappa shape index (κ2) is 5.84. The monoisotopic (exact) mass is 339 g/mol. The summed E-state index contributed by atoms with van der Waals surface area (Å²) < 4.78 is 11.8. The fraction of sp³-hybridized carbons (Fsp3) is 0.500.